The van der Waals surface area contributed by atoms with Crippen LogP contribution >= 0.6 is 0 Å². The first kappa shape index (κ1) is 56.6. The number of nitrogens with one attached hydrogen (secondary N) is 1. The Balaban J connectivity index is 0.000000221. The number of likely N-dealkylation sites (tertiary alicyclic amines) is 1. The zero-order valence-corrected chi connectivity index (χ0v) is 46.7. The van der Waals surface area contributed by atoms with Gasteiger partial charge >= 0.3 is 69.8 Å². The predicted molar refractivity (Wildman–Crippen MR) is 265 cm³/mol. The van der Waals surface area contributed by atoms with Crippen molar-refractivity contribution in [2.75, 3.05) is 79.8 Å². The van der Waals surface area contributed by atoms with Crippen LogP contribution in [0.25, 0.3) is 33.8 Å². The molecule has 8 heterocycles. The molecule has 6 aromatic rings. The summed E-state index contributed by atoms with van der Waals surface area (Å²) in [6.45, 7) is 11.1. The third-order valence-corrected chi connectivity index (χ3v) is 13.5. The zero-order valence-electron chi connectivity index (χ0n) is 44.6. The Morgan fingerprint density at radius 1 is 0.684 bits per heavy atom. The summed E-state index contributed by atoms with van der Waals surface area (Å²) in [5, 5.41) is 3.25. The first-order chi connectivity index (χ1) is 35.3. The Bertz CT molecular complexity index is 3130. The van der Waals surface area contributed by atoms with Crippen LogP contribution in [-0.2, 0) is 17.6 Å². The maximum absolute atomic E-state index is 13.0. The molecule has 0 radical (unpaired) electrons. The van der Waals surface area contributed by atoms with Crippen molar-refractivity contribution in [1.29, 1.82) is 0 Å². The van der Waals surface area contributed by atoms with E-state index in [2.05, 4.69) is 29.1 Å². The number of methoxy groups -OCH3 is 2. The van der Waals surface area contributed by atoms with Gasteiger partial charge in [0.1, 0.15) is 53.0 Å². The number of aromatic nitrogens is 4. The van der Waals surface area contributed by atoms with Gasteiger partial charge in [-0.25, -0.2) is 14.8 Å². The van der Waals surface area contributed by atoms with E-state index in [0.29, 0.717) is 60.9 Å². The van der Waals surface area contributed by atoms with Crippen molar-refractivity contribution in [2.45, 2.75) is 65.4 Å². The minimum Gasteiger partial charge on any atom is -1.00 e. The molecule has 4 aliphatic heterocycles. The summed E-state index contributed by atoms with van der Waals surface area (Å²) in [7, 11) is 2.80. The summed E-state index contributed by atoms with van der Waals surface area (Å²) in [4.78, 5) is 50.2. The normalized spacial score (nSPS) is 16.9. The first-order valence-corrected chi connectivity index (χ1v) is 24.3. The van der Waals surface area contributed by atoms with Gasteiger partial charge in [0.2, 0.25) is 0 Å². The van der Waals surface area contributed by atoms with Crippen LogP contribution in [0, 0.1) is 10.8 Å². The fraction of sp³-hybridized carbons (Fsp3) is 0.453. The third-order valence-electron chi connectivity index (χ3n) is 13.5. The standard InChI is InChI=1S/C29H33F3N4O5.C24H25F3N4O3.K.H/c1-27(2,3)41-26(38)35-14-28(4,15-35)17-40-20-7-9-36-21(13-33-23(36)12-20)19-10-18-6-8-34(16-29(30,31)32)25(37)24(18)22(11-19)39-5;1-23(11-28-12-23)14-34-17-4-6-31-18(10-29-20(31)9-17)16-7-15-3-5-30(13-24(25,26)27)22(32)21(15)19(8-16)33-2;;/h7,9-13H,6,8,14-17H2,1-5H3;4,6-10,28H,3,5,11-14H2,1-2H3;;/q;;+1;-1. The average molecular weight is 1090 g/mol. The van der Waals surface area contributed by atoms with Crippen LogP contribution in [0.3, 0.4) is 0 Å². The number of pyridine rings is 2. The Morgan fingerprint density at radius 3 is 1.50 bits per heavy atom. The molecule has 0 saturated carbocycles. The van der Waals surface area contributed by atoms with Crippen molar-refractivity contribution in [1.82, 2.24) is 38.8 Å². The molecule has 0 bridgehead atoms. The van der Waals surface area contributed by atoms with E-state index in [1.807, 2.05) is 78.4 Å². The molecule has 402 valence electrons. The summed E-state index contributed by atoms with van der Waals surface area (Å²) >= 11 is 0. The van der Waals surface area contributed by atoms with Crippen molar-refractivity contribution in [3.63, 3.8) is 0 Å². The number of nitrogens with zero attached hydrogens (tertiary/aromatic N) is 7. The minimum absolute atomic E-state index is 0. The molecule has 1 N–H and O–H groups in total. The third kappa shape index (κ3) is 12.5. The molecule has 0 atom stereocenters. The first-order valence-electron chi connectivity index (χ1n) is 24.3. The summed E-state index contributed by atoms with van der Waals surface area (Å²) in [6, 6.07) is 14.3. The van der Waals surface area contributed by atoms with E-state index < -0.39 is 42.9 Å². The quantitative estimate of drug-likeness (QED) is 0.116. The SMILES string of the molecule is COc1cc(-c2cnc3cc(OCC4(C)CN(C(=O)OC(C)(C)C)C4)ccn23)cc2c1C(=O)N(CC(F)(F)F)CC2.COc1cc(-c2cnc3cc(OCC4(C)CNC4)ccn23)cc2c1C(=O)N(CC(F)(F)F)CC2.[H-].[K+]. The molecule has 0 aliphatic carbocycles. The molecule has 2 fully saturated rings. The van der Waals surface area contributed by atoms with Gasteiger partial charge in [-0.2, -0.15) is 26.3 Å². The van der Waals surface area contributed by atoms with Gasteiger partial charge in [0.25, 0.3) is 11.8 Å². The van der Waals surface area contributed by atoms with E-state index in [0.717, 1.165) is 51.2 Å². The van der Waals surface area contributed by atoms with Crippen molar-refractivity contribution in [2.24, 2.45) is 10.8 Å². The number of rotatable bonds is 12. The number of fused-ring (bicyclic) bond motifs is 4. The van der Waals surface area contributed by atoms with Gasteiger partial charge in [-0.3, -0.25) is 18.4 Å². The van der Waals surface area contributed by atoms with Crippen molar-refractivity contribution >= 4 is 29.2 Å². The van der Waals surface area contributed by atoms with Crippen LogP contribution in [0.5, 0.6) is 23.0 Å². The topological polar surface area (TPSA) is 154 Å². The van der Waals surface area contributed by atoms with Crippen LogP contribution in [0.2, 0.25) is 0 Å². The molecule has 4 aliphatic rings. The smallest absolute Gasteiger partial charge is 1.00 e. The Labute approximate surface area is 478 Å². The monoisotopic (exact) mass is 1090 g/mol. The van der Waals surface area contributed by atoms with Gasteiger partial charge in [-0.05, 0) is 81.1 Å². The maximum atomic E-state index is 13.0. The number of hydrogen-bond acceptors (Lipinski definition) is 11. The number of ether oxygens (including phenoxy) is 5. The van der Waals surface area contributed by atoms with Gasteiger partial charge in [0.15, 0.2) is 0 Å². The zero-order chi connectivity index (χ0) is 53.8. The van der Waals surface area contributed by atoms with Crippen LogP contribution < -0.4 is 75.6 Å². The number of hydrogen-bond donors (Lipinski definition) is 1. The molecular formula is C53H59F6KN8O8. The van der Waals surface area contributed by atoms with E-state index >= 15 is 0 Å². The summed E-state index contributed by atoms with van der Waals surface area (Å²) in [5.41, 5.74) is 5.38. The van der Waals surface area contributed by atoms with Gasteiger partial charge in [0.05, 0.1) is 62.3 Å². The molecule has 3 amide bonds. The molecule has 16 nitrogen and oxygen atoms in total. The van der Waals surface area contributed by atoms with Gasteiger partial charge < -0.3 is 45.1 Å². The Morgan fingerprint density at radius 2 is 1.12 bits per heavy atom. The molecule has 4 aromatic heterocycles. The largest absolute Gasteiger partial charge is 1.00 e. The molecule has 23 heteroatoms. The molecule has 10 rings (SSSR count). The van der Waals surface area contributed by atoms with E-state index in [4.69, 9.17) is 23.7 Å². The van der Waals surface area contributed by atoms with Gasteiger partial charge in [-0.15, -0.1) is 0 Å². The summed E-state index contributed by atoms with van der Waals surface area (Å²) in [5.74, 6) is 0.472. The fourth-order valence-corrected chi connectivity index (χ4v) is 9.73. The second kappa shape index (κ2) is 21.7. The molecule has 0 spiro atoms. The number of amides is 3. The van der Waals surface area contributed by atoms with Gasteiger partial charge in [0, 0.05) is 85.8 Å². The van der Waals surface area contributed by atoms with E-state index in [1.54, 1.807) is 29.4 Å². The van der Waals surface area contributed by atoms with Crippen LogP contribution in [-0.4, -0.2) is 149 Å². The minimum atomic E-state index is -4.48. The Hall–Kier alpha value is -5.59. The predicted octanol–water partition coefficient (Wildman–Crippen LogP) is 5.88. The van der Waals surface area contributed by atoms with Gasteiger partial charge in [-0.1, -0.05) is 13.8 Å². The van der Waals surface area contributed by atoms with Crippen molar-refractivity contribution < 1.29 is 117 Å². The van der Waals surface area contributed by atoms with Crippen molar-refractivity contribution in [3.05, 3.63) is 95.6 Å². The number of carbonyl (C=O) groups excluding carboxylic acids is 3. The van der Waals surface area contributed by atoms with E-state index in [9.17, 15) is 40.7 Å². The number of imidazole rings is 2. The van der Waals surface area contributed by atoms with Crippen molar-refractivity contribution in [3.8, 4) is 45.5 Å². The summed E-state index contributed by atoms with van der Waals surface area (Å²) < 4.78 is 110. The molecule has 76 heavy (non-hydrogen) atoms. The van der Waals surface area contributed by atoms with Crippen LogP contribution in [0.15, 0.2) is 73.3 Å². The molecular weight excluding hydrogens is 1030 g/mol. The number of halogens is 6. The maximum Gasteiger partial charge on any atom is 1.00 e. The molecule has 0 unspecified atom stereocenters. The van der Waals surface area contributed by atoms with E-state index in [1.165, 1.54) is 14.2 Å². The Kier molecular flexibility index (Phi) is 16.1. The van der Waals surface area contributed by atoms with E-state index in [-0.39, 0.29) is 112 Å². The fourth-order valence-electron chi connectivity index (χ4n) is 9.73. The number of alkyl halides is 6. The second-order valence-electron chi connectivity index (χ2n) is 21.2. The number of carbonyl (C=O) groups is 3. The number of benzene rings is 2. The molecule has 2 saturated heterocycles. The second-order valence-corrected chi connectivity index (χ2v) is 21.2. The average Bonchev–Trinajstić information content (AvgIpc) is 3.95. The summed E-state index contributed by atoms with van der Waals surface area (Å²) in [6.07, 6.45) is -1.57. The van der Waals surface area contributed by atoms with Crippen LogP contribution in [0.1, 0.15) is 67.9 Å². The molecule has 2 aromatic carbocycles. The van der Waals surface area contributed by atoms with Crippen LogP contribution in [0.4, 0.5) is 31.1 Å².